The van der Waals surface area contributed by atoms with Crippen molar-refractivity contribution in [2.45, 2.75) is 20.8 Å². The van der Waals surface area contributed by atoms with E-state index in [1.807, 2.05) is 39.0 Å². The molecule has 0 aliphatic rings. The zero-order valence-corrected chi connectivity index (χ0v) is 15.5. The lowest BCUT2D eigenvalue weighted by molar-refractivity contribution is -0.144. The fraction of sp³-hybridized carbons (Fsp3) is 0.182. The molecule has 0 bridgehead atoms. The third kappa shape index (κ3) is 3.92. The van der Waals surface area contributed by atoms with Gasteiger partial charge < -0.3 is 13.9 Å². The van der Waals surface area contributed by atoms with Gasteiger partial charge >= 0.3 is 11.6 Å². The third-order valence-corrected chi connectivity index (χ3v) is 4.25. The highest BCUT2D eigenvalue weighted by atomic mass is 16.7. The van der Waals surface area contributed by atoms with E-state index < -0.39 is 11.6 Å². The molecule has 0 atom stereocenters. The van der Waals surface area contributed by atoms with Crippen molar-refractivity contribution in [3.05, 3.63) is 76.2 Å². The van der Waals surface area contributed by atoms with Crippen LogP contribution in [0.3, 0.4) is 0 Å². The van der Waals surface area contributed by atoms with E-state index in [0.717, 1.165) is 33.7 Å². The molecule has 2 aromatic carbocycles. The van der Waals surface area contributed by atoms with Crippen molar-refractivity contribution < 1.29 is 18.7 Å². The molecule has 0 aliphatic carbocycles. The van der Waals surface area contributed by atoms with E-state index in [-0.39, 0.29) is 6.79 Å². The summed E-state index contributed by atoms with van der Waals surface area (Å²) >= 11 is 0. The third-order valence-electron chi connectivity index (χ3n) is 4.25. The molecular formula is C22H20O5. The van der Waals surface area contributed by atoms with Gasteiger partial charge in [-0.15, -0.1) is 0 Å². The van der Waals surface area contributed by atoms with E-state index in [9.17, 15) is 9.59 Å². The van der Waals surface area contributed by atoms with Gasteiger partial charge in [0.2, 0.25) is 6.79 Å². The minimum atomic E-state index is -0.573. The Kier molecular flexibility index (Phi) is 5.12. The second-order valence-electron chi connectivity index (χ2n) is 6.35. The number of esters is 1. The Morgan fingerprint density at radius 3 is 2.48 bits per heavy atom. The van der Waals surface area contributed by atoms with Crippen LogP contribution in [0.1, 0.15) is 16.7 Å². The molecule has 5 heteroatoms. The largest absolute Gasteiger partial charge is 0.457 e. The van der Waals surface area contributed by atoms with E-state index in [0.29, 0.717) is 16.9 Å². The molecule has 0 fully saturated rings. The van der Waals surface area contributed by atoms with Crippen molar-refractivity contribution in [3.8, 4) is 16.9 Å². The number of fused-ring (bicyclic) bond motifs is 1. The molecule has 3 aromatic rings. The van der Waals surface area contributed by atoms with Gasteiger partial charge in [0, 0.05) is 17.5 Å². The van der Waals surface area contributed by atoms with Gasteiger partial charge in [-0.25, -0.2) is 9.59 Å². The Morgan fingerprint density at radius 1 is 1.11 bits per heavy atom. The Bertz CT molecular complexity index is 1070. The van der Waals surface area contributed by atoms with Crippen molar-refractivity contribution in [1.29, 1.82) is 0 Å². The van der Waals surface area contributed by atoms with Crippen LogP contribution in [0.5, 0.6) is 5.75 Å². The lowest BCUT2D eigenvalue weighted by atomic mass is 9.94. The van der Waals surface area contributed by atoms with Gasteiger partial charge in [0.15, 0.2) is 0 Å². The van der Waals surface area contributed by atoms with Gasteiger partial charge in [-0.05, 0) is 55.7 Å². The summed E-state index contributed by atoms with van der Waals surface area (Å²) in [6.45, 7) is 9.06. The first-order chi connectivity index (χ1) is 12.9. The molecule has 0 saturated heterocycles. The molecular weight excluding hydrogens is 344 g/mol. The summed E-state index contributed by atoms with van der Waals surface area (Å²) in [7, 11) is 0. The number of ether oxygens (including phenoxy) is 2. The van der Waals surface area contributed by atoms with Crippen LogP contribution < -0.4 is 10.4 Å². The lowest BCUT2D eigenvalue weighted by Crippen LogP contribution is -2.08. The van der Waals surface area contributed by atoms with Crippen LogP contribution in [0.15, 0.2) is 58.3 Å². The topological polar surface area (TPSA) is 65.7 Å². The van der Waals surface area contributed by atoms with Gasteiger partial charge in [0.1, 0.15) is 11.3 Å². The Balaban J connectivity index is 1.97. The summed E-state index contributed by atoms with van der Waals surface area (Å²) in [5, 5.41) is 0.777. The van der Waals surface area contributed by atoms with E-state index in [1.54, 1.807) is 18.2 Å². The first-order valence-corrected chi connectivity index (χ1v) is 8.47. The Morgan fingerprint density at radius 2 is 1.81 bits per heavy atom. The number of benzene rings is 2. The van der Waals surface area contributed by atoms with Gasteiger partial charge in [-0.1, -0.05) is 24.3 Å². The molecule has 0 aliphatic heterocycles. The molecule has 3 rings (SSSR count). The molecule has 1 aromatic heterocycles. The predicted octanol–water partition coefficient (Wildman–Crippen LogP) is 4.45. The predicted molar refractivity (Wildman–Crippen MR) is 104 cm³/mol. The van der Waals surface area contributed by atoms with Crippen LogP contribution >= 0.6 is 0 Å². The average molecular weight is 364 g/mol. The summed E-state index contributed by atoms with van der Waals surface area (Å²) in [4.78, 5) is 23.6. The van der Waals surface area contributed by atoms with Crippen LogP contribution in [-0.4, -0.2) is 12.8 Å². The standard InChI is InChI=1S/C22H20O5/c1-5-20(23)26-12-25-17-7-6-16-10-18(22(24)27-19(16)11-17)21-14(3)8-13(2)9-15(21)4/h5-11H,1,12H2,2-4H3. The normalized spacial score (nSPS) is 10.6. The summed E-state index contributed by atoms with van der Waals surface area (Å²) < 4.78 is 15.6. The van der Waals surface area contributed by atoms with E-state index in [4.69, 9.17) is 13.9 Å². The lowest BCUT2D eigenvalue weighted by Gasteiger charge is -2.11. The zero-order chi connectivity index (χ0) is 19.6. The minimum Gasteiger partial charge on any atom is -0.457 e. The number of hydrogen-bond acceptors (Lipinski definition) is 5. The molecule has 5 nitrogen and oxygen atoms in total. The second-order valence-corrected chi connectivity index (χ2v) is 6.35. The molecule has 0 radical (unpaired) electrons. The van der Waals surface area contributed by atoms with Gasteiger partial charge in [0.05, 0.1) is 5.56 Å². The number of carbonyl (C=O) groups is 1. The van der Waals surface area contributed by atoms with Crippen LogP contribution in [0, 0.1) is 20.8 Å². The van der Waals surface area contributed by atoms with Crippen molar-refractivity contribution in [1.82, 2.24) is 0 Å². The summed E-state index contributed by atoms with van der Waals surface area (Å²) in [6.07, 6.45) is 1.05. The van der Waals surface area contributed by atoms with Gasteiger partial charge in [0.25, 0.3) is 0 Å². The molecule has 0 saturated carbocycles. The maximum atomic E-state index is 12.6. The Labute approximate surface area is 156 Å². The maximum Gasteiger partial charge on any atom is 0.344 e. The van der Waals surface area contributed by atoms with E-state index in [2.05, 4.69) is 6.58 Å². The summed E-state index contributed by atoms with van der Waals surface area (Å²) in [5.41, 5.74) is 4.63. The molecule has 0 amide bonds. The SMILES string of the molecule is C=CC(=O)OCOc1ccc2cc(-c3c(C)cc(C)cc3C)c(=O)oc2c1. The quantitative estimate of drug-likeness (QED) is 0.290. The van der Waals surface area contributed by atoms with Crippen molar-refractivity contribution >= 4 is 16.9 Å². The number of rotatable bonds is 5. The monoisotopic (exact) mass is 364 g/mol. The number of carbonyl (C=O) groups excluding carboxylic acids is 1. The zero-order valence-electron chi connectivity index (χ0n) is 15.5. The highest BCUT2D eigenvalue weighted by molar-refractivity contribution is 5.84. The highest BCUT2D eigenvalue weighted by Gasteiger charge is 2.13. The van der Waals surface area contributed by atoms with Gasteiger partial charge in [-0.2, -0.15) is 0 Å². The first-order valence-electron chi connectivity index (χ1n) is 8.47. The van der Waals surface area contributed by atoms with Crippen LogP contribution in [-0.2, 0) is 9.53 Å². The molecule has 0 unspecified atom stereocenters. The fourth-order valence-electron chi connectivity index (χ4n) is 3.17. The van der Waals surface area contributed by atoms with Crippen LogP contribution in [0.2, 0.25) is 0 Å². The van der Waals surface area contributed by atoms with Crippen molar-refractivity contribution in [2.24, 2.45) is 0 Å². The smallest absolute Gasteiger partial charge is 0.344 e. The second kappa shape index (κ2) is 7.50. The minimum absolute atomic E-state index is 0.250. The van der Waals surface area contributed by atoms with E-state index >= 15 is 0 Å². The first kappa shape index (κ1) is 18.5. The van der Waals surface area contributed by atoms with Crippen LogP contribution in [0.25, 0.3) is 22.1 Å². The maximum absolute atomic E-state index is 12.6. The molecule has 138 valence electrons. The Hall–Kier alpha value is -3.34. The summed E-state index contributed by atoms with van der Waals surface area (Å²) in [6, 6.07) is 11.0. The molecule has 0 spiro atoms. The molecule has 27 heavy (non-hydrogen) atoms. The highest BCUT2D eigenvalue weighted by Crippen LogP contribution is 2.29. The molecule has 1 heterocycles. The van der Waals surface area contributed by atoms with E-state index in [1.165, 1.54) is 0 Å². The molecule has 0 N–H and O–H groups in total. The van der Waals surface area contributed by atoms with Crippen LogP contribution in [0.4, 0.5) is 0 Å². The van der Waals surface area contributed by atoms with Gasteiger partial charge in [-0.3, -0.25) is 0 Å². The number of aryl methyl sites for hydroxylation is 3. The van der Waals surface area contributed by atoms with Crippen molar-refractivity contribution in [3.63, 3.8) is 0 Å². The fourth-order valence-corrected chi connectivity index (χ4v) is 3.17. The van der Waals surface area contributed by atoms with Crippen molar-refractivity contribution in [2.75, 3.05) is 6.79 Å². The average Bonchev–Trinajstić information content (AvgIpc) is 2.61. The summed E-state index contributed by atoms with van der Waals surface area (Å²) in [5.74, 6) is -0.145. The number of hydrogen-bond donors (Lipinski definition) is 0.